The molecule has 0 heterocycles. The Morgan fingerprint density at radius 1 is 0.792 bits per heavy atom. The van der Waals surface area contributed by atoms with Crippen LogP contribution in [0.4, 0.5) is 22.7 Å². The second-order valence-corrected chi connectivity index (χ2v) is 5.72. The molecule has 3 rings (SSSR count). The fourth-order valence-corrected chi connectivity index (χ4v) is 2.30. The zero-order valence-electron chi connectivity index (χ0n) is 13.7. The van der Waals surface area contributed by atoms with E-state index in [1.807, 2.05) is 38.4 Å². The predicted octanol–water partition coefficient (Wildman–Crippen LogP) is 4.26. The Hall–Kier alpha value is -3.14. The second kappa shape index (κ2) is 6.96. The number of benzene rings is 2. The van der Waals surface area contributed by atoms with Gasteiger partial charge in [-0.2, -0.15) is 0 Å². The molecular weight excluding hydrogens is 298 g/mol. The van der Waals surface area contributed by atoms with E-state index in [-0.39, 0.29) is 5.78 Å². The van der Waals surface area contributed by atoms with E-state index in [1.54, 1.807) is 12.2 Å². The van der Waals surface area contributed by atoms with Crippen LogP contribution in [0.3, 0.4) is 0 Å². The fraction of sp³-hybridized carbons (Fsp3) is 0.100. The van der Waals surface area contributed by atoms with Crippen molar-refractivity contribution in [3.05, 3.63) is 72.8 Å². The predicted molar refractivity (Wildman–Crippen MR) is 101 cm³/mol. The van der Waals surface area contributed by atoms with Crippen molar-refractivity contribution in [2.24, 2.45) is 4.99 Å². The molecule has 0 saturated heterocycles. The van der Waals surface area contributed by atoms with Gasteiger partial charge in [0.2, 0.25) is 0 Å². The first-order valence-electron chi connectivity index (χ1n) is 7.73. The molecule has 0 aliphatic heterocycles. The van der Waals surface area contributed by atoms with Gasteiger partial charge in [0.05, 0.1) is 11.4 Å². The smallest absolute Gasteiger partial charge is 0.178 e. The Morgan fingerprint density at radius 2 is 1.33 bits per heavy atom. The molecule has 1 aliphatic rings. The van der Waals surface area contributed by atoms with Crippen LogP contribution in [0.5, 0.6) is 0 Å². The molecule has 0 bridgehead atoms. The molecule has 0 saturated carbocycles. The Labute approximate surface area is 141 Å². The summed E-state index contributed by atoms with van der Waals surface area (Å²) in [4.78, 5) is 17.7. The highest BCUT2D eigenvalue weighted by molar-refractivity contribution is 6.17. The van der Waals surface area contributed by atoms with Crippen molar-refractivity contribution in [3.8, 4) is 0 Å². The maximum Gasteiger partial charge on any atom is 0.178 e. The molecule has 0 spiro atoms. The summed E-state index contributed by atoms with van der Waals surface area (Å²) in [5.74, 6) is -0.00576. The van der Waals surface area contributed by atoms with Gasteiger partial charge in [-0.1, -0.05) is 0 Å². The summed E-state index contributed by atoms with van der Waals surface area (Å²) in [6.07, 6.45) is 6.49. The Morgan fingerprint density at radius 3 is 1.88 bits per heavy atom. The van der Waals surface area contributed by atoms with E-state index in [0.29, 0.717) is 0 Å². The third-order valence-electron chi connectivity index (χ3n) is 3.63. The van der Waals surface area contributed by atoms with Crippen molar-refractivity contribution in [2.45, 2.75) is 0 Å². The molecule has 1 N–H and O–H groups in total. The number of anilines is 3. The highest BCUT2D eigenvalue weighted by Crippen LogP contribution is 2.22. The number of carbonyl (C=O) groups is 1. The molecule has 120 valence electrons. The van der Waals surface area contributed by atoms with Gasteiger partial charge in [0, 0.05) is 31.2 Å². The lowest BCUT2D eigenvalue weighted by Crippen LogP contribution is -2.08. The van der Waals surface area contributed by atoms with Crippen molar-refractivity contribution in [1.82, 2.24) is 0 Å². The summed E-state index contributed by atoms with van der Waals surface area (Å²) in [5, 5.41) is 3.37. The number of hydrogen-bond acceptors (Lipinski definition) is 4. The van der Waals surface area contributed by atoms with E-state index >= 15 is 0 Å². The first-order chi connectivity index (χ1) is 11.6. The molecule has 2 aromatic carbocycles. The average Bonchev–Trinajstić information content (AvgIpc) is 2.59. The van der Waals surface area contributed by atoms with Crippen LogP contribution in [-0.4, -0.2) is 25.6 Å². The van der Waals surface area contributed by atoms with Gasteiger partial charge in [-0.15, -0.1) is 0 Å². The van der Waals surface area contributed by atoms with Crippen molar-refractivity contribution in [1.29, 1.82) is 0 Å². The van der Waals surface area contributed by atoms with Crippen LogP contribution in [0.15, 0.2) is 77.8 Å². The second-order valence-electron chi connectivity index (χ2n) is 5.72. The highest BCUT2D eigenvalue weighted by atomic mass is 16.1. The standard InChI is InChI=1S/C20H19N3O/c1-23(2)19-11-7-17(8-12-19)21-15-3-5-16(6-4-15)22-18-9-13-20(24)14-10-18/h3-14,21H,1-2H3. The number of rotatable bonds is 4. The molecule has 2 aromatic rings. The molecule has 24 heavy (non-hydrogen) atoms. The largest absolute Gasteiger partial charge is 0.378 e. The molecule has 0 atom stereocenters. The summed E-state index contributed by atoms with van der Waals surface area (Å²) in [6.45, 7) is 0. The van der Waals surface area contributed by atoms with Crippen LogP contribution in [0, 0.1) is 0 Å². The number of hydrogen-bond donors (Lipinski definition) is 1. The van der Waals surface area contributed by atoms with Crippen LogP contribution >= 0.6 is 0 Å². The normalized spacial score (nSPS) is 13.1. The molecule has 0 amide bonds. The first kappa shape index (κ1) is 15.7. The maximum absolute atomic E-state index is 11.1. The lowest BCUT2D eigenvalue weighted by atomic mass is 10.1. The quantitative estimate of drug-likeness (QED) is 0.857. The van der Waals surface area contributed by atoms with Crippen LogP contribution < -0.4 is 10.2 Å². The van der Waals surface area contributed by atoms with Gasteiger partial charge < -0.3 is 10.2 Å². The third kappa shape index (κ3) is 3.98. The van der Waals surface area contributed by atoms with E-state index in [4.69, 9.17) is 0 Å². The summed E-state index contributed by atoms with van der Waals surface area (Å²) in [6, 6.07) is 16.1. The van der Waals surface area contributed by atoms with Crippen molar-refractivity contribution < 1.29 is 4.79 Å². The SMILES string of the molecule is CN(C)c1ccc(Nc2ccc(N=C3C=CC(=O)C=C3)cc2)cc1. The van der Waals surface area contributed by atoms with Crippen molar-refractivity contribution in [2.75, 3.05) is 24.3 Å². The molecule has 4 nitrogen and oxygen atoms in total. The maximum atomic E-state index is 11.1. The lowest BCUT2D eigenvalue weighted by molar-refractivity contribution is -0.110. The van der Waals surface area contributed by atoms with Gasteiger partial charge >= 0.3 is 0 Å². The average molecular weight is 317 g/mol. The van der Waals surface area contributed by atoms with Crippen molar-refractivity contribution >= 4 is 34.2 Å². The van der Waals surface area contributed by atoms with Gasteiger partial charge in [0.1, 0.15) is 0 Å². The first-order valence-corrected chi connectivity index (χ1v) is 7.73. The van der Waals surface area contributed by atoms with E-state index in [0.717, 1.165) is 22.8 Å². The molecule has 1 aliphatic carbocycles. The molecular formula is C20H19N3O. The van der Waals surface area contributed by atoms with Gasteiger partial charge in [0.15, 0.2) is 5.78 Å². The number of allylic oxidation sites excluding steroid dienone is 4. The summed E-state index contributed by atoms with van der Waals surface area (Å²) < 4.78 is 0. The van der Waals surface area contributed by atoms with Gasteiger partial charge in [-0.05, 0) is 72.8 Å². The third-order valence-corrected chi connectivity index (χ3v) is 3.63. The minimum absolute atomic E-state index is 0.00576. The number of nitrogens with one attached hydrogen (secondary N) is 1. The number of carbonyl (C=O) groups excluding carboxylic acids is 1. The fourth-order valence-electron chi connectivity index (χ4n) is 2.30. The Balaban J connectivity index is 1.68. The number of nitrogens with zero attached hydrogens (tertiary/aromatic N) is 2. The molecule has 0 unspecified atom stereocenters. The van der Waals surface area contributed by atoms with Gasteiger partial charge in [0.25, 0.3) is 0 Å². The van der Waals surface area contributed by atoms with E-state index in [9.17, 15) is 4.79 Å². The van der Waals surface area contributed by atoms with Gasteiger partial charge in [-0.3, -0.25) is 4.79 Å². The topological polar surface area (TPSA) is 44.7 Å². The molecule has 0 radical (unpaired) electrons. The Kier molecular flexibility index (Phi) is 4.57. The summed E-state index contributed by atoms with van der Waals surface area (Å²) >= 11 is 0. The zero-order chi connectivity index (χ0) is 16.9. The zero-order valence-corrected chi connectivity index (χ0v) is 13.7. The Bertz CT molecular complexity index is 795. The van der Waals surface area contributed by atoms with E-state index < -0.39 is 0 Å². The highest BCUT2D eigenvalue weighted by Gasteiger charge is 2.01. The monoisotopic (exact) mass is 317 g/mol. The number of aliphatic imine (C=N–C) groups is 1. The molecule has 0 fully saturated rings. The van der Waals surface area contributed by atoms with Crippen molar-refractivity contribution in [3.63, 3.8) is 0 Å². The minimum atomic E-state index is -0.00576. The summed E-state index contributed by atoms with van der Waals surface area (Å²) in [7, 11) is 4.05. The molecule has 4 heteroatoms. The lowest BCUT2D eigenvalue weighted by Gasteiger charge is -2.13. The van der Waals surface area contributed by atoms with E-state index in [2.05, 4.69) is 39.5 Å². The van der Waals surface area contributed by atoms with Gasteiger partial charge in [-0.25, -0.2) is 4.99 Å². The van der Waals surface area contributed by atoms with Crippen LogP contribution in [0.2, 0.25) is 0 Å². The molecule has 0 aromatic heterocycles. The van der Waals surface area contributed by atoms with Crippen LogP contribution in [-0.2, 0) is 4.79 Å². The minimum Gasteiger partial charge on any atom is -0.378 e. The van der Waals surface area contributed by atoms with Crippen LogP contribution in [0.1, 0.15) is 0 Å². The number of ketones is 1. The summed E-state index contributed by atoms with van der Waals surface area (Å²) in [5.41, 5.74) is 4.83. The van der Waals surface area contributed by atoms with E-state index in [1.165, 1.54) is 17.8 Å². The van der Waals surface area contributed by atoms with Crippen LogP contribution in [0.25, 0.3) is 0 Å².